The molecule has 0 bridgehead atoms. The van der Waals surface area contributed by atoms with Gasteiger partial charge in [-0.05, 0) is 83.4 Å². The molecule has 0 radical (unpaired) electrons. The van der Waals surface area contributed by atoms with E-state index in [-0.39, 0.29) is 36.6 Å². The van der Waals surface area contributed by atoms with Crippen LogP contribution in [0, 0.1) is 16.0 Å². The van der Waals surface area contributed by atoms with Crippen molar-refractivity contribution in [3.05, 3.63) is 69.8 Å². The fourth-order valence-electron chi connectivity index (χ4n) is 4.39. The minimum absolute atomic E-state index is 0.0109. The molecule has 216 valence electrons. The van der Waals surface area contributed by atoms with Gasteiger partial charge in [-0.1, -0.05) is 0 Å². The third-order valence-electron chi connectivity index (χ3n) is 6.70. The quantitative estimate of drug-likeness (QED) is 0.223. The number of aromatic nitrogens is 3. The summed E-state index contributed by atoms with van der Waals surface area (Å²) in [6, 6.07) is 9.82. The van der Waals surface area contributed by atoms with Gasteiger partial charge in [0.25, 0.3) is 0 Å². The van der Waals surface area contributed by atoms with Crippen LogP contribution >= 0.6 is 11.6 Å². The highest BCUT2D eigenvalue weighted by molar-refractivity contribution is 6.28. The molecule has 1 aliphatic heterocycles. The maximum absolute atomic E-state index is 12.6. The summed E-state index contributed by atoms with van der Waals surface area (Å²) in [7, 11) is 0. The van der Waals surface area contributed by atoms with Crippen LogP contribution in [0.3, 0.4) is 0 Å². The number of anilines is 1. The number of aliphatic hydroxyl groups is 1. The van der Waals surface area contributed by atoms with Crippen LogP contribution in [-0.2, 0) is 12.7 Å². The zero-order chi connectivity index (χ0) is 28.7. The Morgan fingerprint density at radius 3 is 2.48 bits per heavy atom. The lowest BCUT2D eigenvalue weighted by Crippen LogP contribution is -2.34. The molecule has 1 saturated heterocycles. The molecule has 3 aromatic rings. The summed E-state index contributed by atoms with van der Waals surface area (Å²) in [6.45, 7) is 2.46. The van der Waals surface area contributed by atoms with Gasteiger partial charge in [-0.2, -0.15) is 13.2 Å². The van der Waals surface area contributed by atoms with Crippen LogP contribution in [0.5, 0.6) is 11.6 Å². The molecular formula is C26H29ClF3N5O5. The standard InChI is InChI=1S/C26H29ClF3N5O5/c27-25-32-23(35(37)38)16-34(25)13-9-21(36)17-40-22-4-2-20(3-5-22)33-11-7-18(8-12-33)10-14-39-24-6-1-19(15-31-24)26(28,29)30/h1-6,15-16,18,21,36H,7-14,17H2. The molecule has 4 rings (SSSR count). The van der Waals surface area contributed by atoms with Crippen molar-refractivity contribution in [2.75, 3.05) is 31.2 Å². The molecule has 3 heterocycles. The molecule has 1 unspecified atom stereocenters. The molecule has 0 aliphatic carbocycles. The van der Waals surface area contributed by atoms with E-state index in [1.807, 2.05) is 24.3 Å². The number of aliphatic hydroxyl groups excluding tert-OH is 1. The Morgan fingerprint density at radius 2 is 1.88 bits per heavy atom. The molecule has 1 atom stereocenters. The van der Waals surface area contributed by atoms with Crippen LogP contribution in [0.1, 0.15) is 31.2 Å². The average Bonchev–Trinajstić information content (AvgIpc) is 3.32. The Morgan fingerprint density at radius 1 is 1.15 bits per heavy atom. The number of halogens is 4. The second-order valence-corrected chi connectivity index (χ2v) is 9.85. The molecule has 1 fully saturated rings. The number of imidazole rings is 1. The zero-order valence-corrected chi connectivity index (χ0v) is 22.2. The Kier molecular flexibility index (Phi) is 9.69. The van der Waals surface area contributed by atoms with Crippen LogP contribution in [0.4, 0.5) is 24.7 Å². The van der Waals surface area contributed by atoms with Crippen LogP contribution < -0.4 is 14.4 Å². The van der Waals surface area contributed by atoms with Gasteiger partial charge in [0.1, 0.15) is 18.6 Å². The van der Waals surface area contributed by atoms with E-state index in [9.17, 15) is 28.4 Å². The lowest BCUT2D eigenvalue weighted by molar-refractivity contribution is -0.389. The molecule has 0 amide bonds. The van der Waals surface area contributed by atoms with E-state index in [1.165, 1.54) is 16.8 Å². The number of hydrogen-bond acceptors (Lipinski definition) is 8. The van der Waals surface area contributed by atoms with E-state index >= 15 is 0 Å². The summed E-state index contributed by atoms with van der Waals surface area (Å²) in [5.41, 5.74) is 0.265. The van der Waals surface area contributed by atoms with Crippen molar-refractivity contribution in [2.45, 2.75) is 44.5 Å². The molecule has 40 heavy (non-hydrogen) atoms. The van der Waals surface area contributed by atoms with E-state index in [0.717, 1.165) is 50.3 Å². The Labute approximate surface area is 233 Å². The predicted molar refractivity (Wildman–Crippen MR) is 141 cm³/mol. The number of alkyl halides is 3. The molecule has 1 aliphatic rings. The van der Waals surface area contributed by atoms with Gasteiger partial charge in [0.15, 0.2) is 0 Å². The van der Waals surface area contributed by atoms with Crippen molar-refractivity contribution in [1.82, 2.24) is 14.5 Å². The molecule has 0 saturated carbocycles. The monoisotopic (exact) mass is 583 g/mol. The maximum atomic E-state index is 12.6. The molecular weight excluding hydrogens is 555 g/mol. The number of rotatable bonds is 12. The first kappa shape index (κ1) is 29.4. The van der Waals surface area contributed by atoms with Crippen molar-refractivity contribution in [3.8, 4) is 11.6 Å². The highest BCUT2D eigenvalue weighted by atomic mass is 35.5. The normalized spacial score (nSPS) is 15.2. The highest BCUT2D eigenvalue weighted by Crippen LogP contribution is 2.30. The van der Waals surface area contributed by atoms with Crippen molar-refractivity contribution >= 4 is 23.1 Å². The molecule has 10 nitrogen and oxygen atoms in total. The smallest absolute Gasteiger partial charge is 0.417 e. The summed E-state index contributed by atoms with van der Waals surface area (Å²) in [5, 5.41) is 21.0. The SMILES string of the molecule is O=[N+]([O-])c1cn(CCC(O)COc2ccc(N3CCC(CCOc4ccc(C(F)(F)F)cn4)CC3)cc2)c(Cl)n1. The first-order chi connectivity index (χ1) is 19.1. The van der Waals surface area contributed by atoms with Crippen LogP contribution in [-0.4, -0.2) is 57.0 Å². The first-order valence-electron chi connectivity index (χ1n) is 12.8. The third kappa shape index (κ3) is 8.21. The van der Waals surface area contributed by atoms with Gasteiger partial charge in [0.2, 0.25) is 5.88 Å². The maximum Gasteiger partial charge on any atom is 0.417 e. The minimum Gasteiger partial charge on any atom is -0.491 e. The lowest BCUT2D eigenvalue weighted by Gasteiger charge is -2.33. The van der Waals surface area contributed by atoms with Crippen LogP contribution in [0.2, 0.25) is 5.28 Å². The number of ether oxygens (including phenoxy) is 2. The topological polar surface area (TPSA) is 116 Å². The van der Waals surface area contributed by atoms with Gasteiger partial charge >= 0.3 is 17.3 Å². The second kappa shape index (κ2) is 13.2. The molecule has 1 aromatic carbocycles. The Balaban J connectivity index is 1.14. The van der Waals surface area contributed by atoms with Crippen molar-refractivity contribution in [3.63, 3.8) is 0 Å². The Hall–Kier alpha value is -3.58. The second-order valence-electron chi connectivity index (χ2n) is 9.52. The molecule has 14 heteroatoms. The fraction of sp³-hybridized carbons (Fsp3) is 0.462. The number of hydrogen-bond donors (Lipinski definition) is 1. The summed E-state index contributed by atoms with van der Waals surface area (Å²) >= 11 is 5.89. The van der Waals surface area contributed by atoms with Crippen LogP contribution in [0.15, 0.2) is 48.8 Å². The number of pyridine rings is 1. The van der Waals surface area contributed by atoms with Gasteiger partial charge < -0.3 is 29.6 Å². The Bertz CT molecular complexity index is 1250. The van der Waals surface area contributed by atoms with Gasteiger partial charge in [-0.15, -0.1) is 0 Å². The number of benzene rings is 1. The van der Waals surface area contributed by atoms with E-state index in [4.69, 9.17) is 21.1 Å². The minimum atomic E-state index is -4.41. The number of nitrogens with zero attached hydrogens (tertiary/aromatic N) is 5. The summed E-state index contributed by atoms with van der Waals surface area (Å²) in [6.07, 6.45) is -0.175. The van der Waals surface area contributed by atoms with Crippen molar-refractivity contribution < 1.29 is 32.7 Å². The highest BCUT2D eigenvalue weighted by Gasteiger charge is 2.30. The lowest BCUT2D eigenvalue weighted by atomic mass is 9.93. The zero-order valence-electron chi connectivity index (χ0n) is 21.5. The van der Waals surface area contributed by atoms with E-state index < -0.39 is 22.8 Å². The van der Waals surface area contributed by atoms with E-state index in [1.54, 1.807) is 0 Å². The van der Waals surface area contributed by atoms with E-state index in [0.29, 0.717) is 18.3 Å². The number of piperidine rings is 1. The largest absolute Gasteiger partial charge is 0.491 e. The molecule has 2 aromatic heterocycles. The van der Waals surface area contributed by atoms with E-state index in [2.05, 4.69) is 14.9 Å². The van der Waals surface area contributed by atoms with Crippen LogP contribution in [0.25, 0.3) is 0 Å². The first-order valence-corrected chi connectivity index (χ1v) is 13.2. The summed E-state index contributed by atoms with van der Waals surface area (Å²) in [4.78, 5) is 19.8. The van der Waals surface area contributed by atoms with Gasteiger partial charge in [0, 0.05) is 37.6 Å². The van der Waals surface area contributed by atoms with Gasteiger partial charge in [-0.25, -0.2) is 4.98 Å². The number of nitro groups is 1. The molecule has 1 N–H and O–H groups in total. The third-order valence-corrected chi connectivity index (χ3v) is 7.01. The van der Waals surface area contributed by atoms with Gasteiger partial charge in [0.05, 0.1) is 18.3 Å². The predicted octanol–water partition coefficient (Wildman–Crippen LogP) is 5.37. The number of aryl methyl sites for hydroxylation is 1. The fourth-order valence-corrected chi connectivity index (χ4v) is 4.61. The molecule has 0 spiro atoms. The average molecular weight is 584 g/mol. The van der Waals surface area contributed by atoms with Crippen molar-refractivity contribution in [2.24, 2.45) is 5.92 Å². The summed E-state index contributed by atoms with van der Waals surface area (Å²) in [5.74, 6) is 0.915. The summed E-state index contributed by atoms with van der Waals surface area (Å²) < 4.78 is 50.5. The van der Waals surface area contributed by atoms with Gasteiger partial charge in [-0.3, -0.25) is 4.57 Å². The van der Waals surface area contributed by atoms with Crippen molar-refractivity contribution in [1.29, 1.82) is 0 Å².